The molecular weight excluding hydrogens is 240 g/mol. The molecular formula is C14H18N4O. The molecule has 1 amide bonds. The normalized spacial score (nSPS) is 11.9. The zero-order valence-corrected chi connectivity index (χ0v) is 11.3. The van der Waals surface area contributed by atoms with Crippen LogP contribution in [0.2, 0.25) is 0 Å². The highest BCUT2D eigenvalue weighted by atomic mass is 16.1. The maximum absolute atomic E-state index is 10.9. The number of aromatic nitrogens is 2. The summed E-state index contributed by atoms with van der Waals surface area (Å²) in [4.78, 5) is 10.9. The first-order valence-corrected chi connectivity index (χ1v) is 6.17. The van der Waals surface area contributed by atoms with Crippen molar-refractivity contribution in [2.45, 2.75) is 19.9 Å². The number of amides is 1. The molecule has 2 rings (SSSR count). The van der Waals surface area contributed by atoms with Gasteiger partial charge in [-0.3, -0.25) is 9.48 Å². The number of hydrogen-bond acceptors (Lipinski definition) is 3. The molecule has 1 aromatic carbocycles. The van der Waals surface area contributed by atoms with Gasteiger partial charge < -0.3 is 10.6 Å². The maximum atomic E-state index is 10.9. The molecule has 1 atom stereocenters. The molecule has 5 heteroatoms. The third-order valence-electron chi connectivity index (χ3n) is 2.81. The lowest BCUT2D eigenvalue weighted by Gasteiger charge is -2.14. The van der Waals surface area contributed by atoms with E-state index in [0.717, 1.165) is 16.9 Å². The van der Waals surface area contributed by atoms with Crippen LogP contribution < -0.4 is 10.6 Å². The van der Waals surface area contributed by atoms with Crippen LogP contribution in [0.25, 0.3) is 0 Å². The van der Waals surface area contributed by atoms with Gasteiger partial charge in [0.1, 0.15) is 0 Å². The first kappa shape index (κ1) is 13.1. The molecule has 5 nitrogen and oxygen atoms in total. The van der Waals surface area contributed by atoms with Gasteiger partial charge >= 0.3 is 0 Å². The van der Waals surface area contributed by atoms with E-state index in [2.05, 4.69) is 22.7 Å². The summed E-state index contributed by atoms with van der Waals surface area (Å²) >= 11 is 0. The first-order chi connectivity index (χ1) is 9.04. The van der Waals surface area contributed by atoms with Gasteiger partial charge in [0.15, 0.2) is 0 Å². The van der Waals surface area contributed by atoms with Crippen molar-refractivity contribution < 1.29 is 4.79 Å². The summed E-state index contributed by atoms with van der Waals surface area (Å²) in [6, 6.07) is 7.82. The third kappa shape index (κ3) is 3.58. The van der Waals surface area contributed by atoms with E-state index in [1.165, 1.54) is 6.92 Å². The summed E-state index contributed by atoms with van der Waals surface area (Å²) < 4.78 is 1.79. The Morgan fingerprint density at radius 2 is 1.89 bits per heavy atom. The summed E-state index contributed by atoms with van der Waals surface area (Å²) in [6.07, 6.45) is 3.84. The molecule has 0 saturated heterocycles. The quantitative estimate of drug-likeness (QED) is 0.886. The topological polar surface area (TPSA) is 59.0 Å². The highest BCUT2D eigenvalue weighted by Crippen LogP contribution is 2.20. The summed E-state index contributed by atoms with van der Waals surface area (Å²) in [5, 5.41) is 10.3. The van der Waals surface area contributed by atoms with Gasteiger partial charge in [-0.25, -0.2) is 0 Å². The van der Waals surface area contributed by atoms with E-state index in [0.29, 0.717) is 0 Å². The molecule has 2 N–H and O–H groups in total. The average molecular weight is 258 g/mol. The van der Waals surface area contributed by atoms with Crippen molar-refractivity contribution in [2.24, 2.45) is 7.05 Å². The average Bonchev–Trinajstić information content (AvgIpc) is 2.78. The van der Waals surface area contributed by atoms with Crippen LogP contribution in [0.3, 0.4) is 0 Å². The van der Waals surface area contributed by atoms with Crippen molar-refractivity contribution in [3.63, 3.8) is 0 Å². The number of nitrogens with zero attached hydrogens (tertiary/aromatic N) is 2. The minimum Gasteiger partial charge on any atom is -0.378 e. The van der Waals surface area contributed by atoms with Gasteiger partial charge in [0.05, 0.1) is 12.2 Å². The number of aryl methyl sites for hydroxylation is 1. The standard InChI is InChI=1S/C14H18N4O/c1-10(12-8-15-18(3)9-12)16-13-4-6-14(7-5-13)17-11(2)19/h4-10,16H,1-3H3,(H,17,19). The van der Waals surface area contributed by atoms with Gasteiger partial charge in [0, 0.05) is 37.1 Å². The fourth-order valence-electron chi connectivity index (χ4n) is 1.85. The van der Waals surface area contributed by atoms with Crippen LogP contribution >= 0.6 is 0 Å². The van der Waals surface area contributed by atoms with Crippen molar-refractivity contribution in [3.8, 4) is 0 Å². The summed E-state index contributed by atoms with van der Waals surface area (Å²) in [5.41, 5.74) is 2.94. The van der Waals surface area contributed by atoms with Crippen molar-refractivity contribution in [2.75, 3.05) is 10.6 Å². The Hall–Kier alpha value is -2.30. The fourth-order valence-corrected chi connectivity index (χ4v) is 1.85. The monoisotopic (exact) mass is 258 g/mol. The van der Waals surface area contributed by atoms with E-state index in [9.17, 15) is 4.79 Å². The Kier molecular flexibility index (Phi) is 3.85. The molecule has 0 saturated carbocycles. The number of rotatable bonds is 4. The van der Waals surface area contributed by atoms with Crippen LogP contribution in [0.5, 0.6) is 0 Å². The number of anilines is 2. The third-order valence-corrected chi connectivity index (χ3v) is 2.81. The van der Waals surface area contributed by atoms with Crippen LogP contribution in [0.1, 0.15) is 25.5 Å². The van der Waals surface area contributed by atoms with E-state index < -0.39 is 0 Å². The molecule has 0 bridgehead atoms. The Morgan fingerprint density at radius 1 is 1.26 bits per heavy atom. The summed E-state index contributed by atoms with van der Waals surface area (Å²) in [5.74, 6) is -0.0653. The lowest BCUT2D eigenvalue weighted by molar-refractivity contribution is -0.114. The van der Waals surface area contributed by atoms with E-state index >= 15 is 0 Å². The molecule has 0 aliphatic carbocycles. The van der Waals surface area contributed by atoms with Crippen molar-refractivity contribution >= 4 is 17.3 Å². The SMILES string of the molecule is CC(=O)Nc1ccc(NC(C)c2cnn(C)c2)cc1. The van der Waals surface area contributed by atoms with Gasteiger partial charge in [-0.05, 0) is 31.2 Å². The van der Waals surface area contributed by atoms with Gasteiger partial charge in [-0.15, -0.1) is 0 Å². The Bertz CT molecular complexity index is 559. The van der Waals surface area contributed by atoms with Gasteiger partial charge in [-0.2, -0.15) is 5.10 Å². The first-order valence-electron chi connectivity index (χ1n) is 6.17. The second-order valence-corrected chi connectivity index (χ2v) is 4.57. The molecule has 0 radical (unpaired) electrons. The number of nitrogens with one attached hydrogen (secondary N) is 2. The molecule has 2 aromatic rings. The van der Waals surface area contributed by atoms with Crippen LogP contribution in [-0.2, 0) is 11.8 Å². The minimum absolute atomic E-state index is 0.0653. The van der Waals surface area contributed by atoms with Crippen LogP contribution in [-0.4, -0.2) is 15.7 Å². The Morgan fingerprint density at radius 3 is 2.42 bits per heavy atom. The van der Waals surface area contributed by atoms with Crippen molar-refractivity contribution in [1.29, 1.82) is 0 Å². The predicted molar refractivity (Wildman–Crippen MR) is 76.0 cm³/mol. The molecule has 1 heterocycles. The molecule has 0 spiro atoms. The zero-order valence-electron chi connectivity index (χ0n) is 11.3. The fraction of sp³-hybridized carbons (Fsp3) is 0.286. The molecule has 1 aromatic heterocycles. The number of hydrogen-bond donors (Lipinski definition) is 2. The zero-order chi connectivity index (χ0) is 13.8. The van der Waals surface area contributed by atoms with Crippen LogP contribution in [0, 0.1) is 0 Å². The lowest BCUT2D eigenvalue weighted by atomic mass is 10.2. The van der Waals surface area contributed by atoms with E-state index in [-0.39, 0.29) is 11.9 Å². The van der Waals surface area contributed by atoms with Crippen molar-refractivity contribution in [3.05, 3.63) is 42.2 Å². The molecule has 0 fully saturated rings. The summed E-state index contributed by atoms with van der Waals surface area (Å²) in [6.45, 7) is 3.58. The maximum Gasteiger partial charge on any atom is 0.221 e. The minimum atomic E-state index is -0.0653. The van der Waals surface area contributed by atoms with Gasteiger partial charge in [0.2, 0.25) is 5.91 Å². The van der Waals surface area contributed by atoms with Crippen molar-refractivity contribution in [1.82, 2.24) is 9.78 Å². The Labute approximate surface area is 112 Å². The molecule has 100 valence electrons. The second-order valence-electron chi connectivity index (χ2n) is 4.57. The van der Waals surface area contributed by atoms with E-state index in [1.807, 2.05) is 43.7 Å². The van der Waals surface area contributed by atoms with E-state index in [4.69, 9.17) is 0 Å². The smallest absolute Gasteiger partial charge is 0.221 e. The Balaban J connectivity index is 2.01. The number of carbonyl (C=O) groups excluding carboxylic acids is 1. The molecule has 19 heavy (non-hydrogen) atoms. The predicted octanol–water partition coefficient (Wildman–Crippen LogP) is 2.55. The van der Waals surface area contributed by atoms with Crippen LogP contribution in [0.15, 0.2) is 36.7 Å². The number of carbonyl (C=O) groups is 1. The van der Waals surface area contributed by atoms with Crippen LogP contribution in [0.4, 0.5) is 11.4 Å². The number of benzene rings is 1. The summed E-state index contributed by atoms with van der Waals surface area (Å²) in [7, 11) is 1.90. The largest absolute Gasteiger partial charge is 0.378 e. The highest BCUT2D eigenvalue weighted by Gasteiger charge is 2.07. The highest BCUT2D eigenvalue weighted by molar-refractivity contribution is 5.88. The second kappa shape index (κ2) is 5.56. The molecule has 0 aliphatic heterocycles. The molecule has 0 aliphatic rings. The van der Waals surface area contributed by atoms with Gasteiger partial charge in [0.25, 0.3) is 0 Å². The van der Waals surface area contributed by atoms with E-state index in [1.54, 1.807) is 4.68 Å². The molecule has 1 unspecified atom stereocenters. The van der Waals surface area contributed by atoms with Gasteiger partial charge in [-0.1, -0.05) is 0 Å². The lowest BCUT2D eigenvalue weighted by Crippen LogP contribution is -2.07.